The van der Waals surface area contributed by atoms with Gasteiger partial charge in [-0.15, -0.1) is 0 Å². The fourth-order valence-corrected chi connectivity index (χ4v) is 4.00. The van der Waals surface area contributed by atoms with E-state index in [4.69, 9.17) is 4.74 Å². The lowest BCUT2D eigenvalue weighted by atomic mass is 10.0. The molecule has 1 aliphatic heterocycles. The van der Waals surface area contributed by atoms with Gasteiger partial charge in [-0.3, -0.25) is 13.9 Å². The number of nitrogens with one attached hydrogen (secondary N) is 1. The summed E-state index contributed by atoms with van der Waals surface area (Å²) in [5.74, 6) is -0.114. The van der Waals surface area contributed by atoms with Gasteiger partial charge in [0.05, 0.1) is 18.2 Å². The summed E-state index contributed by atoms with van der Waals surface area (Å²) in [4.78, 5) is 42.1. The molecule has 0 atom stereocenters. The van der Waals surface area contributed by atoms with Crippen LogP contribution < -0.4 is 16.1 Å². The van der Waals surface area contributed by atoms with Crippen molar-refractivity contribution < 1.29 is 9.53 Å². The number of para-hydroxylation sites is 1. The van der Waals surface area contributed by atoms with E-state index in [9.17, 15) is 19.6 Å². The number of benzene rings is 1. The lowest BCUT2D eigenvalue weighted by Crippen LogP contribution is -2.43. The summed E-state index contributed by atoms with van der Waals surface area (Å²) in [6.07, 6.45) is 0.610. The highest BCUT2D eigenvalue weighted by atomic mass is 16.5. The second kappa shape index (κ2) is 6.67. The summed E-state index contributed by atoms with van der Waals surface area (Å²) in [5, 5.41) is 10.4. The number of rotatable bonds is 2. The molecule has 3 heterocycles. The highest BCUT2D eigenvalue weighted by Crippen LogP contribution is 2.32. The Hall–Kier alpha value is -3.80. The molecule has 148 valence electrons. The molecule has 9 heteroatoms. The van der Waals surface area contributed by atoms with E-state index in [-0.39, 0.29) is 5.56 Å². The lowest BCUT2D eigenvalue weighted by molar-refractivity contribution is 0.0603. The number of aromatic amines is 1. The first kappa shape index (κ1) is 18.6. The molecular formula is C20H19N5O4. The first-order valence-corrected chi connectivity index (χ1v) is 9.04. The minimum atomic E-state index is -0.608. The molecule has 0 unspecified atom stereocenters. The zero-order valence-electron chi connectivity index (χ0n) is 16.3. The quantitative estimate of drug-likeness (QED) is 0.644. The predicted molar refractivity (Wildman–Crippen MR) is 106 cm³/mol. The van der Waals surface area contributed by atoms with Crippen molar-refractivity contribution in [3.63, 3.8) is 0 Å². The molecule has 0 aliphatic carbocycles. The smallest absolute Gasteiger partial charge is 0.339 e. The summed E-state index contributed by atoms with van der Waals surface area (Å²) in [6.45, 7) is 0.914. The fourth-order valence-electron chi connectivity index (χ4n) is 4.00. The molecule has 0 bridgehead atoms. The largest absolute Gasteiger partial charge is 0.465 e. The van der Waals surface area contributed by atoms with Crippen LogP contribution in [0.5, 0.6) is 0 Å². The molecule has 9 nitrogen and oxygen atoms in total. The van der Waals surface area contributed by atoms with Gasteiger partial charge in [-0.1, -0.05) is 12.1 Å². The van der Waals surface area contributed by atoms with Crippen LogP contribution in [-0.4, -0.2) is 33.7 Å². The Morgan fingerprint density at radius 1 is 1.24 bits per heavy atom. The van der Waals surface area contributed by atoms with E-state index in [0.717, 1.165) is 21.2 Å². The van der Waals surface area contributed by atoms with Gasteiger partial charge >= 0.3 is 11.7 Å². The normalized spacial score (nSPS) is 13.2. The number of ether oxygens (including phenoxy) is 1. The molecule has 4 rings (SSSR count). The van der Waals surface area contributed by atoms with E-state index in [0.29, 0.717) is 36.4 Å². The van der Waals surface area contributed by atoms with Crippen molar-refractivity contribution in [2.24, 2.45) is 14.1 Å². The maximum atomic E-state index is 12.4. The Balaban J connectivity index is 1.88. The van der Waals surface area contributed by atoms with Crippen LogP contribution in [-0.2, 0) is 31.8 Å². The Labute approximate surface area is 165 Å². The van der Waals surface area contributed by atoms with Gasteiger partial charge in [0, 0.05) is 50.2 Å². The molecule has 0 radical (unpaired) electrons. The zero-order chi connectivity index (χ0) is 20.9. The molecule has 0 amide bonds. The van der Waals surface area contributed by atoms with Crippen molar-refractivity contribution in [3.8, 4) is 6.07 Å². The molecule has 1 aliphatic rings. The number of hydrogen-bond acceptors (Lipinski definition) is 6. The third kappa shape index (κ3) is 2.64. The minimum Gasteiger partial charge on any atom is -0.465 e. The van der Waals surface area contributed by atoms with E-state index >= 15 is 0 Å². The van der Waals surface area contributed by atoms with Gasteiger partial charge in [0.1, 0.15) is 11.9 Å². The lowest BCUT2D eigenvalue weighted by Gasteiger charge is -2.31. The molecule has 0 fully saturated rings. The Morgan fingerprint density at radius 3 is 2.69 bits per heavy atom. The van der Waals surface area contributed by atoms with Gasteiger partial charge < -0.3 is 14.6 Å². The number of nitriles is 1. The van der Waals surface area contributed by atoms with Crippen LogP contribution in [0.15, 0.2) is 27.8 Å². The number of methoxy groups -OCH3 is 1. The Kier molecular flexibility index (Phi) is 4.27. The molecule has 0 saturated heterocycles. The molecule has 1 aromatic carbocycles. The number of carbonyl (C=O) groups is 1. The Morgan fingerprint density at radius 2 is 2.00 bits per heavy atom. The monoisotopic (exact) mass is 393 g/mol. The minimum absolute atomic E-state index is 0.0619. The van der Waals surface area contributed by atoms with Crippen LogP contribution in [0.3, 0.4) is 0 Å². The van der Waals surface area contributed by atoms with Crippen LogP contribution in [0.1, 0.15) is 27.2 Å². The molecule has 2 aromatic heterocycles. The molecule has 3 aromatic rings. The molecule has 0 spiro atoms. The highest BCUT2D eigenvalue weighted by Gasteiger charge is 2.27. The van der Waals surface area contributed by atoms with E-state index in [1.165, 1.54) is 18.7 Å². The number of H-pyrrole nitrogens is 1. The maximum Gasteiger partial charge on any atom is 0.339 e. The number of hydrogen-bond donors (Lipinski definition) is 1. The average Bonchev–Trinajstić information content (AvgIpc) is 3.12. The summed E-state index contributed by atoms with van der Waals surface area (Å²) >= 11 is 0. The third-order valence-corrected chi connectivity index (χ3v) is 5.46. The van der Waals surface area contributed by atoms with E-state index in [1.54, 1.807) is 19.2 Å². The van der Waals surface area contributed by atoms with Gasteiger partial charge in [0.2, 0.25) is 0 Å². The van der Waals surface area contributed by atoms with Crippen LogP contribution in [0.25, 0.3) is 10.9 Å². The second-order valence-corrected chi connectivity index (χ2v) is 6.99. The average molecular weight is 393 g/mol. The fraction of sp³-hybridized carbons (Fsp3) is 0.300. The molecule has 29 heavy (non-hydrogen) atoms. The molecular weight excluding hydrogens is 374 g/mol. The van der Waals surface area contributed by atoms with E-state index in [2.05, 4.69) is 4.98 Å². The molecule has 1 N–H and O–H groups in total. The van der Waals surface area contributed by atoms with E-state index in [1.807, 2.05) is 17.0 Å². The topological polar surface area (TPSA) is 113 Å². The van der Waals surface area contributed by atoms with Crippen LogP contribution in [0.4, 0.5) is 5.82 Å². The SMILES string of the molecule is COC(=O)c1cccc2c3c([nH]c12)CCN(c1c(C#N)c(=O)n(C)c(=O)n1C)C3. The first-order valence-electron chi connectivity index (χ1n) is 9.04. The molecule has 0 saturated carbocycles. The van der Waals surface area contributed by atoms with Crippen LogP contribution >= 0.6 is 0 Å². The number of nitrogens with zero attached hydrogens (tertiary/aromatic N) is 4. The summed E-state index contributed by atoms with van der Waals surface area (Å²) in [5.41, 5.74) is 1.95. The zero-order valence-corrected chi connectivity index (χ0v) is 16.3. The number of anilines is 1. The predicted octanol–water partition coefficient (Wildman–Crippen LogP) is 0.786. The van der Waals surface area contributed by atoms with Crippen molar-refractivity contribution in [2.75, 3.05) is 18.6 Å². The number of esters is 1. The van der Waals surface area contributed by atoms with Gasteiger partial charge in [0.25, 0.3) is 5.56 Å². The van der Waals surface area contributed by atoms with Gasteiger partial charge in [0.15, 0.2) is 5.56 Å². The van der Waals surface area contributed by atoms with E-state index < -0.39 is 17.2 Å². The van der Waals surface area contributed by atoms with Crippen molar-refractivity contribution in [1.82, 2.24) is 14.1 Å². The first-order chi connectivity index (χ1) is 13.9. The van der Waals surface area contributed by atoms with Gasteiger partial charge in [-0.05, 0) is 6.07 Å². The summed E-state index contributed by atoms with van der Waals surface area (Å²) in [6, 6.07) is 7.35. The number of fused-ring (bicyclic) bond motifs is 3. The maximum absolute atomic E-state index is 12.4. The standard InChI is InChI=1S/C20H19N5O4/c1-23-17(13(9-21)18(26)24(2)20(23)28)25-8-7-15-14(10-25)11-5-4-6-12(16(11)22-15)19(27)29-3/h4-6,22H,7-8,10H2,1-3H3. The number of aromatic nitrogens is 3. The van der Waals surface area contributed by atoms with Crippen molar-refractivity contribution >= 4 is 22.7 Å². The summed E-state index contributed by atoms with van der Waals surface area (Å²) < 4.78 is 7.14. The third-order valence-electron chi connectivity index (χ3n) is 5.46. The van der Waals surface area contributed by atoms with Gasteiger partial charge in [-0.25, -0.2) is 9.59 Å². The van der Waals surface area contributed by atoms with Crippen LogP contribution in [0, 0.1) is 11.3 Å². The number of carbonyl (C=O) groups excluding carboxylic acids is 1. The Bertz CT molecular complexity index is 1320. The highest BCUT2D eigenvalue weighted by molar-refractivity contribution is 6.04. The van der Waals surface area contributed by atoms with Crippen molar-refractivity contribution in [1.29, 1.82) is 5.26 Å². The second-order valence-electron chi connectivity index (χ2n) is 6.99. The van der Waals surface area contributed by atoms with Crippen molar-refractivity contribution in [2.45, 2.75) is 13.0 Å². The van der Waals surface area contributed by atoms with Crippen molar-refractivity contribution in [3.05, 3.63) is 61.4 Å². The summed E-state index contributed by atoms with van der Waals surface area (Å²) in [7, 11) is 4.25. The van der Waals surface area contributed by atoms with Crippen LogP contribution in [0.2, 0.25) is 0 Å². The van der Waals surface area contributed by atoms with Gasteiger partial charge in [-0.2, -0.15) is 5.26 Å².